The van der Waals surface area contributed by atoms with Crippen molar-refractivity contribution in [2.75, 3.05) is 6.54 Å². The molecule has 3 N–H and O–H groups in total. The molecule has 1 heterocycles. The van der Waals surface area contributed by atoms with E-state index in [-0.39, 0.29) is 18.3 Å². The molecule has 0 saturated heterocycles. The van der Waals surface area contributed by atoms with Crippen molar-refractivity contribution in [1.82, 2.24) is 10.3 Å². The molecule has 1 aromatic carbocycles. The quantitative estimate of drug-likeness (QED) is 0.768. The van der Waals surface area contributed by atoms with Crippen molar-refractivity contribution >= 4 is 5.91 Å². The van der Waals surface area contributed by atoms with Gasteiger partial charge in [-0.3, -0.25) is 4.79 Å². The second-order valence-corrected chi connectivity index (χ2v) is 5.78. The zero-order valence-electron chi connectivity index (χ0n) is 12.8. The summed E-state index contributed by atoms with van der Waals surface area (Å²) in [6.45, 7) is 4.25. The molecule has 22 heavy (non-hydrogen) atoms. The Balaban J connectivity index is 2.05. The Morgan fingerprint density at radius 1 is 1.27 bits per heavy atom. The van der Waals surface area contributed by atoms with E-state index in [1.165, 1.54) is 12.1 Å². The summed E-state index contributed by atoms with van der Waals surface area (Å²) in [6, 6.07) is 5.97. The van der Waals surface area contributed by atoms with E-state index in [1.807, 2.05) is 13.8 Å². The van der Waals surface area contributed by atoms with Crippen LogP contribution in [0.4, 0.5) is 4.39 Å². The van der Waals surface area contributed by atoms with Crippen LogP contribution in [-0.2, 0) is 0 Å². The number of H-pyrrole nitrogens is 1. The fourth-order valence-electron chi connectivity index (χ4n) is 2.35. The van der Waals surface area contributed by atoms with Gasteiger partial charge in [0.2, 0.25) is 0 Å². The number of carbonyl (C=O) groups excluding carboxylic acids is 1. The Labute approximate surface area is 129 Å². The normalized spacial score (nSPS) is 12.4. The van der Waals surface area contributed by atoms with Crippen LogP contribution in [-0.4, -0.2) is 28.6 Å². The summed E-state index contributed by atoms with van der Waals surface area (Å²) in [7, 11) is 0. The second-order valence-electron chi connectivity index (χ2n) is 5.78. The molecule has 118 valence electrons. The van der Waals surface area contributed by atoms with Crippen LogP contribution in [0.15, 0.2) is 36.7 Å². The van der Waals surface area contributed by atoms with Gasteiger partial charge < -0.3 is 15.4 Å². The molecule has 4 nitrogen and oxygen atoms in total. The molecule has 0 fully saturated rings. The first kappa shape index (κ1) is 16.2. The number of carbonyl (C=O) groups is 1. The number of amides is 1. The highest BCUT2D eigenvalue weighted by Gasteiger charge is 2.15. The Morgan fingerprint density at radius 3 is 2.59 bits per heavy atom. The number of hydrogen-bond donors (Lipinski definition) is 3. The predicted octanol–water partition coefficient (Wildman–Crippen LogP) is 2.96. The Bertz CT molecular complexity index is 620. The summed E-state index contributed by atoms with van der Waals surface area (Å²) in [5.74, 6) is -0.209. The largest absolute Gasteiger partial charge is 0.391 e. The number of benzene rings is 1. The van der Waals surface area contributed by atoms with Crippen LogP contribution in [0.5, 0.6) is 0 Å². The fraction of sp³-hybridized carbons (Fsp3) is 0.353. The monoisotopic (exact) mass is 304 g/mol. The number of hydrogen-bond acceptors (Lipinski definition) is 2. The molecule has 2 rings (SSSR count). The van der Waals surface area contributed by atoms with Crippen LogP contribution in [0.1, 0.15) is 30.6 Å². The summed E-state index contributed by atoms with van der Waals surface area (Å²) >= 11 is 0. The SMILES string of the molecule is CC(C)CC(O)CNC(=O)c1c[nH]cc1-c1ccc(F)cc1. The van der Waals surface area contributed by atoms with Crippen LogP contribution in [0.25, 0.3) is 11.1 Å². The van der Waals surface area contributed by atoms with E-state index in [0.717, 1.165) is 5.56 Å². The lowest BCUT2D eigenvalue weighted by Gasteiger charge is -2.14. The molecule has 0 saturated carbocycles. The van der Waals surface area contributed by atoms with Gasteiger partial charge in [-0.15, -0.1) is 0 Å². The smallest absolute Gasteiger partial charge is 0.253 e. The van der Waals surface area contributed by atoms with Gasteiger partial charge in [-0.25, -0.2) is 4.39 Å². The van der Waals surface area contributed by atoms with E-state index >= 15 is 0 Å². The number of aliphatic hydroxyl groups excluding tert-OH is 1. The maximum absolute atomic E-state index is 13.0. The van der Waals surface area contributed by atoms with E-state index in [1.54, 1.807) is 24.5 Å². The van der Waals surface area contributed by atoms with Crippen molar-refractivity contribution in [2.24, 2.45) is 5.92 Å². The number of aliphatic hydroxyl groups is 1. The first-order valence-electron chi connectivity index (χ1n) is 7.36. The molecule has 1 aromatic heterocycles. The molecule has 1 atom stereocenters. The highest BCUT2D eigenvalue weighted by atomic mass is 19.1. The summed E-state index contributed by atoms with van der Waals surface area (Å²) in [6.07, 6.45) is 3.38. The number of aromatic nitrogens is 1. The third-order valence-corrected chi connectivity index (χ3v) is 3.39. The summed E-state index contributed by atoms with van der Waals surface area (Å²) in [5.41, 5.74) is 1.94. The van der Waals surface area contributed by atoms with Gasteiger partial charge in [-0.05, 0) is 30.0 Å². The van der Waals surface area contributed by atoms with Crippen molar-refractivity contribution in [2.45, 2.75) is 26.4 Å². The molecule has 1 amide bonds. The first-order valence-corrected chi connectivity index (χ1v) is 7.36. The average Bonchev–Trinajstić information content (AvgIpc) is 2.94. The Hall–Kier alpha value is -2.14. The molecule has 0 radical (unpaired) electrons. The zero-order valence-corrected chi connectivity index (χ0v) is 12.8. The maximum Gasteiger partial charge on any atom is 0.253 e. The molecule has 0 aliphatic heterocycles. The Morgan fingerprint density at radius 2 is 1.95 bits per heavy atom. The highest BCUT2D eigenvalue weighted by molar-refractivity contribution is 6.00. The van der Waals surface area contributed by atoms with Gasteiger partial charge in [0.05, 0.1) is 11.7 Å². The molecule has 1 unspecified atom stereocenters. The molecule has 0 aliphatic carbocycles. The lowest BCUT2D eigenvalue weighted by atomic mass is 10.0. The molecular weight excluding hydrogens is 283 g/mol. The van der Waals surface area contributed by atoms with Crippen molar-refractivity contribution in [3.63, 3.8) is 0 Å². The number of halogens is 1. The van der Waals surface area contributed by atoms with Crippen molar-refractivity contribution in [1.29, 1.82) is 0 Å². The summed E-state index contributed by atoms with van der Waals surface area (Å²) in [5, 5.41) is 12.5. The van der Waals surface area contributed by atoms with Gasteiger partial charge in [-0.1, -0.05) is 26.0 Å². The van der Waals surface area contributed by atoms with Crippen molar-refractivity contribution < 1.29 is 14.3 Å². The summed E-state index contributed by atoms with van der Waals surface area (Å²) < 4.78 is 13.0. The van der Waals surface area contributed by atoms with E-state index < -0.39 is 6.10 Å². The van der Waals surface area contributed by atoms with E-state index in [0.29, 0.717) is 23.5 Å². The third-order valence-electron chi connectivity index (χ3n) is 3.39. The zero-order chi connectivity index (χ0) is 16.1. The van der Waals surface area contributed by atoms with Crippen molar-refractivity contribution in [3.8, 4) is 11.1 Å². The van der Waals surface area contributed by atoms with Crippen LogP contribution >= 0.6 is 0 Å². The third kappa shape index (κ3) is 4.18. The lowest BCUT2D eigenvalue weighted by molar-refractivity contribution is 0.0901. The molecule has 0 spiro atoms. The standard InChI is InChI=1S/C17H21FN2O2/c1-11(2)7-14(21)8-20-17(22)16-10-19-9-15(16)12-3-5-13(18)6-4-12/h3-6,9-11,14,19,21H,7-8H2,1-2H3,(H,20,22). The minimum Gasteiger partial charge on any atom is -0.391 e. The number of nitrogens with one attached hydrogen (secondary N) is 2. The maximum atomic E-state index is 13.0. The van der Waals surface area contributed by atoms with Crippen LogP contribution in [0, 0.1) is 11.7 Å². The van der Waals surface area contributed by atoms with Gasteiger partial charge >= 0.3 is 0 Å². The molecular formula is C17H21FN2O2. The van der Waals surface area contributed by atoms with Crippen LogP contribution < -0.4 is 5.32 Å². The first-order chi connectivity index (χ1) is 10.5. The fourth-order valence-corrected chi connectivity index (χ4v) is 2.35. The van der Waals surface area contributed by atoms with E-state index in [9.17, 15) is 14.3 Å². The van der Waals surface area contributed by atoms with Gasteiger partial charge in [-0.2, -0.15) is 0 Å². The lowest BCUT2D eigenvalue weighted by Crippen LogP contribution is -2.32. The minimum absolute atomic E-state index is 0.213. The van der Waals surface area contributed by atoms with E-state index in [2.05, 4.69) is 10.3 Å². The van der Waals surface area contributed by atoms with Gasteiger partial charge in [0, 0.05) is 24.5 Å². The Kier molecular flexibility index (Phi) is 5.33. The minimum atomic E-state index is -0.558. The van der Waals surface area contributed by atoms with Crippen LogP contribution in [0.2, 0.25) is 0 Å². The molecule has 0 aliphatic rings. The number of rotatable bonds is 6. The van der Waals surface area contributed by atoms with Crippen LogP contribution in [0.3, 0.4) is 0 Å². The van der Waals surface area contributed by atoms with Gasteiger partial charge in [0.15, 0.2) is 0 Å². The second kappa shape index (κ2) is 7.22. The van der Waals surface area contributed by atoms with Gasteiger partial charge in [0.1, 0.15) is 5.82 Å². The number of aromatic amines is 1. The molecule has 0 bridgehead atoms. The van der Waals surface area contributed by atoms with Crippen molar-refractivity contribution in [3.05, 3.63) is 48.0 Å². The summed E-state index contributed by atoms with van der Waals surface area (Å²) in [4.78, 5) is 15.1. The topological polar surface area (TPSA) is 65.1 Å². The molecule has 5 heteroatoms. The average molecular weight is 304 g/mol. The predicted molar refractivity (Wildman–Crippen MR) is 84.0 cm³/mol. The highest BCUT2D eigenvalue weighted by Crippen LogP contribution is 2.23. The molecule has 2 aromatic rings. The van der Waals surface area contributed by atoms with E-state index in [4.69, 9.17) is 0 Å². The van der Waals surface area contributed by atoms with Gasteiger partial charge in [0.25, 0.3) is 5.91 Å².